The summed E-state index contributed by atoms with van der Waals surface area (Å²) in [6, 6.07) is 3.74. The number of aromatic hydroxyl groups is 2. The highest BCUT2D eigenvalue weighted by molar-refractivity contribution is 5.40. The number of benzene rings is 1. The van der Waals surface area contributed by atoms with E-state index in [-0.39, 0.29) is 11.5 Å². The minimum Gasteiger partial charge on any atom is -0.508 e. The maximum absolute atomic E-state index is 9.27. The zero-order valence-corrected chi connectivity index (χ0v) is 6.65. The SMILES string of the molecule is CC(NO)c1cc(O)ccc1O. The molecule has 1 atom stereocenters. The molecule has 0 bridgehead atoms. The molecule has 0 aliphatic rings. The Hall–Kier alpha value is -1.26. The zero-order chi connectivity index (χ0) is 9.14. The lowest BCUT2D eigenvalue weighted by molar-refractivity contribution is 0.132. The molecule has 4 N–H and O–H groups in total. The quantitative estimate of drug-likeness (QED) is 0.395. The van der Waals surface area contributed by atoms with Gasteiger partial charge in [-0.25, -0.2) is 0 Å². The van der Waals surface area contributed by atoms with Gasteiger partial charge in [0.1, 0.15) is 11.5 Å². The van der Waals surface area contributed by atoms with Crippen molar-refractivity contribution in [1.82, 2.24) is 5.48 Å². The van der Waals surface area contributed by atoms with Crippen molar-refractivity contribution in [3.05, 3.63) is 23.8 Å². The van der Waals surface area contributed by atoms with Gasteiger partial charge in [-0.05, 0) is 25.1 Å². The van der Waals surface area contributed by atoms with Crippen molar-refractivity contribution in [2.24, 2.45) is 0 Å². The average molecular weight is 169 g/mol. The molecule has 0 aromatic heterocycles. The standard InChI is InChI=1S/C8H11NO3/c1-5(9-12)7-4-6(10)2-3-8(7)11/h2-5,9-12H,1H3. The molecule has 0 aliphatic carbocycles. The molecule has 1 rings (SSSR count). The van der Waals surface area contributed by atoms with Gasteiger partial charge in [-0.1, -0.05) is 0 Å². The predicted octanol–water partition coefficient (Wildman–Crippen LogP) is 1.14. The van der Waals surface area contributed by atoms with Crippen molar-refractivity contribution in [3.8, 4) is 11.5 Å². The summed E-state index contributed by atoms with van der Waals surface area (Å²) in [5, 5.41) is 26.9. The Labute approximate surface area is 70.0 Å². The van der Waals surface area contributed by atoms with Crippen molar-refractivity contribution in [1.29, 1.82) is 0 Å². The summed E-state index contributed by atoms with van der Waals surface area (Å²) in [6.07, 6.45) is 0. The second-order valence-corrected chi connectivity index (χ2v) is 2.59. The van der Waals surface area contributed by atoms with E-state index in [4.69, 9.17) is 10.3 Å². The lowest BCUT2D eigenvalue weighted by atomic mass is 10.1. The normalized spacial score (nSPS) is 12.8. The second kappa shape index (κ2) is 3.42. The summed E-state index contributed by atoms with van der Waals surface area (Å²) in [4.78, 5) is 0. The van der Waals surface area contributed by atoms with Crippen LogP contribution in [0.25, 0.3) is 0 Å². The topological polar surface area (TPSA) is 72.7 Å². The first-order valence-electron chi connectivity index (χ1n) is 3.56. The highest BCUT2D eigenvalue weighted by Crippen LogP contribution is 2.27. The molecule has 1 unspecified atom stereocenters. The van der Waals surface area contributed by atoms with Gasteiger partial charge >= 0.3 is 0 Å². The molecule has 4 heteroatoms. The Morgan fingerprint density at radius 3 is 2.58 bits per heavy atom. The van der Waals surface area contributed by atoms with E-state index in [1.807, 2.05) is 5.48 Å². The average Bonchev–Trinajstić information content (AvgIpc) is 2.08. The third-order valence-electron chi connectivity index (χ3n) is 1.67. The summed E-state index contributed by atoms with van der Waals surface area (Å²) >= 11 is 0. The third-order valence-corrected chi connectivity index (χ3v) is 1.67. The van der Waals surface area contributed by atoms with E-state index in [1.165, 1.54) is 18.2 Å². The van der Waals surface area contributed by atoms with Gasteiger partial charge in [0.2, 0.25) is 0 Å². The monoisotopic (exact) mass is 169 g/mol. The maximum Gasteiger partial charge on any atom is 0.120 e. The molecule has 0 saturated carbocycles. The molecule has 1 aromatic rings. The van der Waals surface area contributed by atoms with Crippen LogP contribution in [0.5, 0.6) is 11.5 Å². The van der Waals surface area contributed by atoms with E-state index >= 15 is 0 Å². The molecule has 0 saturated heterocycles. The van der Waals surface area contributed by atoms with Crippen LogP contribution < -0.4 is 5.48 Å². The number of phenols is 2. The number of hydroxylamine groups is 1. The Balaban J connectivity index is 3.04. The fourth-order valence-corrected chi connectivity index (χ4v) is 0.958. The van der Waals surface area contributed by atoms with Gasteiger partial charge in [-0.15, -0.1) is 0 Å². The highest BCUT2D eigenvalue weighted by Gasteiger charge is 2.09. The minimum atomic E-state index is -0.405. The maximum atomic E-state index is 9.27. The predicted molar refractivity (Wildman–Crippen MR) is 43.1 cm³/mol. The molecule has 0 heterocycles. The van der Waals surface area contributed by atoms with Gasteiger partial charge in [-0.2, -0.15) is 5.48 Å². The van der Waals surface area contributed by atoms with Crippen LogP contribution in [0.3, 0.4) is 0 Å². The van der Waals surface area contributed by atoms with Crippen LogP contribution in [0.2, 0.25) is 0 Å². The first kappa shape index (κ1) is 8.83. The van der Waals surface area contributed by atoms with Crippen molar-refractivity contribution in [2.75, 3.05) is 0 Å². The van der Waals surface area contributed by atoms with Crippen molar-refractivity contribution in [3.63, 3.8) is 0 Å². The van der Waals surface area contributed by atoms with Crippen molar-refractivity contribution >= 4 is 0 Å². The molecule has 0 aliphatic heterocycles. The molecule has 0 amide bonds. The second-order valence-electron chi connectivity index (χ2n) is 2.59. The fraction of sp³-hybridized carbons (Fsp3) is 0.250. The van der Waals surface area contributed by atoms with E-state index in [0.717, 1.165) is 0 Å². The molecule has 66 valence electrons. The molecule has 0 fully saturated rings. The summed E-state index contributed by atoms with van der Waals surface area (Å²) in [5.74, 6) is 0.103. The van der Waals surface area contributed by atoms with E-state index in [9.17, 15) is 5.11 Å². The molecule has 1 aromatic carbocycles. The van der Waals surface area contributed by atoms with Gasteiger partial charge in [0.05, 0.1) is 6.04 Å². The van der Waals surface area contributed by atoms with Gasteiger partial charge < -0.3 is 15.4 Å². The van der Waals surface area contributed by atoms with Crippen LogP contribution in [0.15, 0.2) is 18.2 Å². The molecular weight excluding hydrogens is 158 g/mol. The Morgan fingerprint density at radius 1 is 1.33 bits per heavy atom. The smallest absolute Gasteiger partial charge is 0.120 e. The van der Waals surface area contributed by atoms with Gasteiger partial charge in [0.15, 0.2) is 0 Å². The lowest BCUT2D eigenvalue weighted by Crippen LogP contribution is -2.13. The number of phenolic OH excluding ortho intramolecular Hbond substituents is 2. The largest absolute Gasteiger partial charge is 0.508 e. The van der Waals surface area contributed by atoms with Crippen LogP contribution >= 0.6 is 0 Å². The van der Waals surface area contributed by atoms with E-state index in [2.05, 4.69) is 0 Å². The summed E-state index contributed by atoms with van der Waals surface area (Å²) < 4.78 is 0. The van der Waals surface area contributed by atoms with E-state index in [1.54, 1.807) is 6.92 Å². The minimum absolute atomic E-state index is 0.0434. The van der Waals surface area contributed by atoms with Gasteiger partial charge in [0, 0.05) is 5.56 Å². The summed E-state index contributed by atoms with van der Waals surface area (Å²) in [6.45, 7) is 1.66. The van der Waals surface area contributed by atoms with Crippen LogP contribution in [0.1, 0.15) is 18.5 Å². The number of nitrogens with one attached hydrogen (secondary N) is 1. The Bertz CT molecular complexity index is 275. The molecule has 4 nitrogen and oxygen atoms in total. The first-order chi connectivity index (χ1) is 5.65. The number of hydrogen-bond donors (Lipinski definition) is 4. The van der Waals surface area contributed by atoms with Crippen LogP contribution in [0, 0.1) is 0 Å². The Morgan fingerprint density at radius 2 is 2.00 bits per heavy atom. The van der Waals surface area contributed by atoms with Gasteiger partial charge in [0.25, 0.3) is 0 Å². The number of rotatable bonds is 2. The van der Waals surface area contributed by atoms with Crippen molar-refractivity contribution < 1.29 is 15.4 Å². The molecule has 12 heavy (non-hydrogen) atoms. The molecule has 0 radical (unpaired) electrons. The fourth-order valence-electron chi connectivity index (χ4n) is 0.958. The first-order valence-corrected chi connectivity index (χ1v) is 3.56. The summed E-state index contributed by atoms with van der Waals surface area (Å²) in [7, 11) is 0. The van der Waals surface area contributed by atoms with E-state index in [0.29, 0.717) is 5.56 Å². The zero-order valence-electron chi connectivity index (χ0n) is 6.65. The van der Waals surface area contributed by atoms with Crippen LogP contribution in [-0.2, 0) is 0 Å². The molecule has 0 spiro atoms. The van der Waals surface area contributed by atoms with Crippen LogP contribution in [-0.4, -0.2) is 15.4 Å². The third kappa shape index (κ3) is 1.66. The summed E-state index contributed by atoms with van der Waals surface area (Å²) in [5.41, 5.74) is 2.43. The number of hydrogen-bond acceptors (Lipinski definition) is 4. The van der Waals surface area contributed by atoms with Crippen LogP contribution in [0.4, 0.5) is 0 Å². The Kier molecular flexibility index (Phi) is 2.52. The lowest BCUT2D eigenvalue weighted by Gasteiger charge is -2.11. The van der Waals surface area contributed by atoms with Gasteiger partial charge in [-0.3, -0.25) is 0 Å². The molecular formula is C8H11NO3. The van der Waals surface area contributed by atoms with Crippen molar-refractivity contribution in [2.45, 2.75) is 13.0 Å². The highest BCUT2D eigenvalue weighted by atomic mass is 16.5. The van der Waals surface area contributed by atoms with E-state index < -0.39 is 6.04 Å².